The lowest BCUT2D eigenvalue weighted by Crippen LogP contribution is -2.28. The van der Waals surface area contributed by atoms with E-state index in [2.05, 4.69) is 11.1 Å². The summed E-state index contributed by atoms with van der Waals surface area (Å²) in [4.78, 5) is 30.9. The molecule has 0 saturated heterocycles. The van der Waals surface area contributed by atoms with Crippen LogP contribution in [-0.2, 0) is 0 Å². The summed E-state index contributed by atoms with van der Waals surface area (Å²) in [5, 5.41) is 9.88. The Labute approximate surface area is 190 Å². The van der Waals surface area contributed by atoms with Gasteiger partial charge in [-0.25, -0.2) is 0 Å². The number of amides is 1. The van der Waals surface area contributed by atoms with Crippen LogP contribution in [-0.4, -0.2) is 18.0 Å². The van der Waals surface area contributed by atoms with E-state index in [1.54, 1.807) is 12.0 Å². The first-order valence-electron chi connectivity index (χ1n) is 10.4. The number of carbonyl (C=O) groups is 1. The first-order valence-corrected chi connectivity index (χ1v) is 10.4. The molecule has 0 saturated carbocycles. The summed E-state index contributed by atoms with van der Waals surface area (Å²) in [6.07, 6.45) is 0. The SMILES string of the molecule is COc1ccc(C2c3c([nH]c(=O)c(C#N)c3-c3ccccc3)C(=O)N2c2ccccc2)cc1. The molecule has 33 heavy (non-hydrogen) atoms. The zero-order chi connectivity index (χ0) is 22.9. The number of methoxy groups -OCH3 is 1. The van der Waals surface area contributed by atoms with Crippen LogP contribution in [0, 0.1) is 11.3 Å². The van der Waals surface area contributed by atoms with Crippen LogP contribution in [0.3, 0.4) is 0 Å². The summed E-state index contributed by atoms with van der Waals surface area (Å²) in [6, 6.07) is 27.5. The number of nitrogens with one attached hydrogen (secondary N) is 1. The molecular formula is C27H19N3O3. The Hall–Kier alpha value is -4.63. The van der Waals surface area contributed by atoms with Gasteiger partial charge in [0.2, 0.25) is 0 Å². The lowest BCUT2D eigenvalue weighted by atomic mass is 9.89. The molecular weight excluding hydrogens is 414 g/mol. The van der Waals surface area contributed by atoms with Crippen molar-refractivity contribution in [3.63, 3.8) is 0 Å². The molecule has 0 spiro atoms. The maximum absolute atomic E-state index is 13.7. The summed E-state index contributed by atoms with van der Waals surface area (Å²) < 4.78 is 5.31. The number of carbonyl (C=O) groups excluding carboxylic acids is 1. The van der Waals surface area contributed by atoms with Crippen molar-refractivity contribution >= 4 is 11.6 Å². The van der Waals surface area contributed by atoms with Crippen LogP contribution in [0.5, 0.6) is 5.75 Å². The van der Waals surface area contributed by atoms with E-state index >= 15 is 0 Å². The lowest BCUT2D eigenvalue weighted by molar-refractivity contribution is 0.0989. The minimum atomic E-state index is -0.577. The van der Waals surface area contributed by atoms with E-state index < -0.39 is 11.6 Å². The molecule has 4 aromatic rings. The van der Waals surface area contributed by atoms with E-state index in [0.29, 0.717) is 28.1 Å². The van der Waals surface area contributed by atoms with E-state index in [9.17, 15) is 14.9 Å². The van der Waals surface area contributed by atoms with Gasteiger partial charge in [-0.3, -0.25) is 14.5 Å². The Morgan fingerprint density at radius 3 is 2.15 bits per heavy atom. The zero-order valence-electron chi connectivity index (χ0n) is 17.8. The van der Waals surface area contributed by atoms with Gasteiger partial charge in [0.25, 0.3) is 11.5 Å². The topological polar surface area (TPSA) is 86.2 Å². The molecule has 6 heteroatoms. The van der Waals surface area contributed by atoms with Crippen LogP contribution in [0.2, 0.25) is 0 Å². The van der Waals surface area contributed by atoms with Crippen LogP contribution in [0.4, 0.5) is 5.69 Å². The third-order valence-electron chi connectivity index (χ3n) is 5.86. The quantitative estimate of drug-likeness (QED) is 0.507. The van der Waals surface area contributed by atoms with E-state index in [1.165, 1.54) is 0 Å². The zero-order valence-corrected chi connectivity index (χ0v) is 17.8. The predicted molar refractivity (Wildman–Crippen MR) is 125 cm³/mol. The van der Waals surface area contributed by atoms with E-state index in [1.807, 2.05) is 84.9 Å². The molecule has 0 bridgehead atoms. The highest BCUT2D eigenvalue weighted by molar-refractivity contribution is 6.12. The number of rotatable bonds is 4. The third-order valence-corrected chi connectivity index (χ3v) is 5.86. The van der Waals surface area contributed by atoms with Crippen molar-refractivity contribution < 1.29 is 9.53 Å². The number of anilines is 1. The van der Waals surface area contributed by atoms with Gasteiger partial charge in [-0.2, -0.15) is 5.26 Å². The van der Waals surface area contributed by atoms with Crippen molar-refractivity contribution in [1.29, 1.82) is 5.26 Å². The van der Waals surface area contributed by atoms with Gasteiger partial charge in [-0.05, 0) is 35.4 Å². The van der Waals surface area contributed by atoms with Gasteiger partial charge in [0.05, 0.1) is 13.2 Å². The molecule has 0 fully saturated rings. The molecule has 1 aliphatic rings. The molecule has 1 aromatic heterocycles. The second kappa shape index (κ2) is 8.13. The number of aromatic nitrogens is 1. The molecule has 160 valence electrons. The van der Waals surface area contributed by atoms with Gasteiger partial charge in [0.1, 0.15) is 23.1 Å². The molecule has 1 aliphatic heterocycles. The Balaban J connectivity index is 1.86. The highest BCUT2D eigenvalue weighted by Crippen LogP contribution is 2.45. The van der Waals surface area contributed by atoms with Crippen molar-refractivity contribution in [2.75, 3.05) is 12.0 Å². The summed E-state index contributed by atoms with van der Waals surface area (Å²) in [5.41, 5.74) is 2.92. The lowest BCUT2D eigenvalue weighted by Gasteiger charge is -2.27. The number of hydrogen-bond donors (Lipinski definition) is 1. The molecule has 5 rings (SSSR count). The molecule has 6 nitrogen and oxygen atoms in total. The predicted octanol–water partition coefficient (Wildman–Crippen LogP) is 4.67. The monoisotopic (exact) mass is 433 g/mol. The first kappa shape index (κ1) is 20.3. The number of ether oxygens (including phenoxy) is 1. The fraction of sp³-hybridized carbons (Fsp3) is 0.0741. The van der Waals surface area contributed by atoms with Crippen LogP contribution in [0.1, 0.15) is 33.2 Å². The fourth-order valence-electron chi connectivity index (χ4n) is 4.39. The number of benzene rings is 3. The third kappa shape index (κ3) is 3.27. The number of nitriles is 1. The van der Waals surface area contributed by atoms with Crippen LogP contribution in [0.25, 0.3) is 11.1 Å². The van der Waals surface area contributed by atoms with Gasteiger partial charge in [-0.1, -0.05) is 60.7 Å². The van der Waals surface area contributed by atoms with Crippen LogP contribution >= 0.6 is 0 Å². The standard InChI is InChI=1S/C27H19N3O3/c1-33-20-14-12-18(13-15-20)25-23-22(17-8-4-2-5-9-17)21(16-28)26(31)29-24(23)27(32)30(25)19-10-6-3-7-11-19/h2-15,25H,1H3,(H,29,31). The summed E-state index contributed by atoms with van der Waals surface area (Å²) >= 11 is 0. The highest BCUT2D eigenvalue weighted by atomic mass is 16.5. The van der Waals surface area contributed by atoms with Crippen molar-refractivity contribution in [3.8, 4) is 22.9 Å². The van der Waals surface area contributed by atoms with E-state index in [-0.39, 0.29) is 17.2 Å². The second-order valence-electron chi connectivity index (χ2n) is 7.66. The fourth-order valence-corrected chi connectivity index (χ4v) is 4.39. The summed E-state index contributed by atoms with van der Waals surface area (Å²) in [6.45, 7) is 0. The molecule has 0 aliphatic carbocycles. The largest absolute Gasteiger partial charge is 0.497 e. The van der Waals surface area contributed by atoms with Crippen molar-refractivity contribution in [2.45, 2.75) is 6.04 Å². The molecule has 1 unspecified atom stereocenters. The second-order valence-corrected chi connectivity index (χ2v) is 7.66. The smallest absolute Gasteiger partial charge is 0.276 e. The van der Waals surface area contributed by atoms with Gasteiger partial charge in [-0.15, -0.1) is 0 Å². The van der Waals surface area contributed by atoms with Crippen molar-refractivity contribution in [2.24, 2.45) is 0 Å². The van der Waals surface area contributed by atoms with Gasteiger partial charge < -0.3 is 9.72 Å². The molecule has 1 atom stereocenters. The molecule has 0 radical (unpaired) electrons. The number of fused-ring (bicyclic) bond motifs is 1. The minimum Gasteiger partial charge on any atom is -0.497 e. The number of hydrogen-bond acceptors (Lipinski definition) is 4. The summed E-state index contributed by atoms with van der Waals surface area (Å²) in [7, 11) is 1.59. The van der Waals surface area contributed by atoms with Crippen LogP contribution < -0.4 is 15.2 Å². The van der Waals surface area contributed by atoms with Crippen molar-refractivity contribution in [1.82, 2.24) is 4.98 Å². The normalized spacial score (nSPS) is 14.6. The number of aromatic amines is 1. The van der Waals surface area contributed by atoms with Gasteiger partial charge >= 0.3 is 0 Å². The number of nitrogens with zero attached hydrogens (tertiary/aromatic N) is 2. The van der Waals surface area contributed by atoms with Gasteiger partial charge in [0.15, 0.2) is 0 Å². The highest BCUT2D eigenvalue weighted by Gasteiger charge is 2.42. The van der Waals surface area contributed by atoms with Crippen molar-refractivity contribution in [3.05, 3.63) is 118 Å². The van der Waals surface area contributed by atoms with E-state index in [0.717, 1.165) is 5.56 Å². The molecule has 1 amide bonds. The average molecular weight is 433 g/mol. The Morgan fingerprint density at radius 1 is 0.909 bits per heavy atom. The van der Waals surface area contributed by atoms with Crippen LogP contribution in [0.15, 0.2) is 89.7 Å². The maximum Gasteiger partial charge on any atom is 0.276 e. The minimum absolute atomic E-state index is 0.0128. The molecule has 3 aromatic carbocycles. The van der Waals surface area contributed by atoms with E-state index in [4.69, 9.17) is 4.74 Å². The Morgan fingerprint density at radius 2 is 1.55 bits per heavy atom. The Bertz CT molecular complexity index is 1440. The average Bonchev–Trinajstić information content (AvgIpc) is 3.16. The first-order chi connectivity index (χ1) is 16.1. The Kier molecular flexibility index (Phi) is 5.00. The number of para-hydroxylation sites is 1. The number of pyridine rings is 1. The summed E-state index contributed by atoms with van der Waals surface area (Å²) in [5.74, 6) is 0.368. The van der Waals surface area contributed by atoms with Gasteiger partial charge in [0, 0.05) is 16.8 Å². The molecule has 2 heterocycles. The maximum atomic E-state index is 13.7. The molecule has 1 N–H and O–H groups in total. The number of H-pyrrole nitrogens is 1.